The fraction of sp³-hybridized carbons (Fsp3) is 0.588. The fourth-order valence-electron chi connectivity index (χ4n) is 4.35. The lowest BCUT2D eigenvalue weighted by molar-refractivity contribution is -0.131. The number of anilines is 1. The Bertz CT molecular complexity index is 559. The van der Waals surface area contributed by atoms with Crippen molar-refractivity contribution >= 4 is 27.4 Å². The molecule has 3 nitrogen and oxygen atoms in total. The minimum atomic E-state index is -0.376. The van der Waals surface area contributed by atoms with Gasteiger partial charge in [0.15, 0.2) is 0 Å². The molecule has 0 amide bonds. The van der Waals surface area contributed by atoms with Crippen LogP contribution in [0, 0.1) is 22.7 Å². The van der Waals surface area contributed by atoms with Gasteiger partial charge in [-0.1, -0.05) is 54.9 Å². The lowest BCUT2D eigenvalue weighted by Crippen LogP contribution is -2.42. The molecule has 2 bridgehead atoms. The van der Waals surface area contributed by atoms with Crippen molar-refractivity contribution in [1.29, 1.82) is 0 Å². The number of Topliss-reactive ketones (excluding diaryl/α,β-unsaturated/α-hetero) is 1. The quantitative estimate of drug-likeness (QED) is 0.502. The van der Waals surface area contributed by atoms with E-state index in [0.29, 0.717) is 17.4 Å². The molecule has 2 saturated carbocycles. The second-order valence-corrected chi connectivity index (χ2v) is 8.08. The number of para-hydroxylation sites is 1. The highest BCUT2D eigenvalue weighted by atomic mass is 79.9. The number of ketones is 1. The topological polar surface area (TPSA) is 40.5 Å². The summed E-state index contributed by atoms with van der Waals surface area (Å²) in [5.74, 6) is 0.447. The normalized spacial score (nSPS) is 35.0. The maximum atomic E-state index is 12.9. The van der Waals surface area contributed by atoms with E-state index in [4.69, 9.17) is 0 Å². The fourth-order valence-corrected chi connectivity index (χ4v) is 5.19. The molecule has 0 aromatic heterocycles. The molecular weight excluding hydrogens is 330 g/mol. The van der Waals surface area contributed by atoms with Gasteiger partial charge in [0.05, 0.1) is 11.6 Å². The average molecular weight is 352 g/mol. The minimum Gasteiger partial charge on any atom is -0.299 e. The number of fused-ring (bicyclic) bond motifs is 2. The maximum absolute atomic E-state index is 12.9. The molecule has 2 fully saturated rings. The highest BCUT2D eigenvalue weighted by molar-refractivity contribution is 9.09. The standard InChI is InChI=1S/C17H22BrNO2/c1-16(2)12-9-10-17(16,3)14(20)13(12)15(18)19(21)11-7-5-4-6-8-11/h4-8,12-13,15,21H,9-10H2,1-3H3/t12-,13+,15+,17+/m0/s1. The lowest BCUT2D eigenvalue weighted by atomic mass is 9.70. The van der Waals surface area contributed by atoms with Crippen molar-refractivity contribution in [2.45, 2.75) is 38.6 Å². The van der Waals surface area contributed by atoms with Crippen LogP contribution in [-0.2, 0) is 4.79 Å². The van der Waals surface area contributed by atoms with Crippen LogP contribution in [0.15, 0.2) is 30.3 Å². The monoisotopic (exact) mass is 351 g/mol. The Balaban J connectivity index is 1.90. The van der Waals surface area contributed by atoms with Crippen LogP contribution < -0.4 is 5.06 Å². The Morgan fingerprint density at radius 3 is 2.43 bits per heavy atom. The summed E-state index contributed by atoms with van der Waals surface area (Å²) >= 11 is 3.58. The van der Waals surface area contributed by atoms with Crippen molar-refractivity contribution in [3.8, 4) is 0 Å². The van der Waals surface area contributed by atoms with E-state index in [2.05, 4.69) is 36.7 Å². The number of carbonyl (C=O) groups is 1. The smallest absolute Gasteiger partial charge is 0.145 e. The van der Waals surface area contributed by atoms with Crippen LogP contribution in [0.4, 0.5) is 5.69 Å². The number of hydrogen-bond acceptors (Lipinski definition) is 3. The summed E-state index contributed by atoms with van der Waals surface area (Å²) in [6.07, 6.45) is 2.03. The Morgan fingerprint density at radius 2 is 1.90 bits per heavy atom. The molecule has 3 rings (SSSR count). The van der Waals surface area contributed by atoms with Crippen LogP contribution in [-0.4, -0.2) is 15.9 Å². The first-order valence-electron chi connectivity index (χ1n) is 7.52. The van der Waals surface area contributed by atoms with Crippen LogP contribution in [0.2, 0.25) is 0 Å². The summed E-state index contributed by atoms with van der Waals surface area (Å²) in [5.41, 5.74) is 0.447. The number of benzene rings is 1. The van der Waals surface area contributed by atoms with Crippen LogP contribution in [0.1, 0.15) is 33.6 Å². The molecule has 1 aromatic rings. The third-order valence-corrected chi connectivity index (χ3v) is 7.09. The van der Waals surface area contributed by atoms with Crippen LogP contribution >= 0.6 is 15.9 Å². The number of carbonyl (C=O) groups excluding carboxylic acids is 1. The Labute approximate surface area is 134 Å². The number of nitrogens with zero attached hydrogens (tertiary/aromatic N) is 1. The summed E-state index contributed by atoms with van der Waals surface area (Å²) in [6.45, 7) is 6.50. The number of rotatable bonds is 3. The molecule has 0 saturated heterocycles. The lowest BCUT2D eigenvalue weighted by Gasteiger charge is -2.33. The zero-order valence-corrected chi connectivity index (χ0v) is 14.3. The van der Waals surface area contributed by atoms with Crippen molar-refractivity contribution in [1.82, 2.24) is 0 Å². The average Bonchev–Trinajstić information content (AvgIpc) is 2.79. The molecule has 0 heterocycles. The van der Waals surface area contributed by atoms with E-state index in [1.807, 2.05) is 30.3 Å². The van der Waals surface area contributed by atoms with Crippen molar-refractivity contribution in [2.75, 3.05) is 5.06 Å². The second-order valence-electron chi connectivity index (χ2n) is 7.14. The Kier molecular flexibility index (Phi) is 3.45. The molecule has 4 atom stereocenters. The summed E-state index contributed by atoms with van der Waals surface area (Å²) < 4.78 is 0. The molecule has 0 unspecified atom stereocenters. The van der Waals surface area contributed by atoms with Gasteiger partial charge in [-0.05, 0) is 36.3 Å². The van der Waals surface area contributed by atoms with Gasteiger partial charge in [0.2, 0.25) is 0 Å². The Hall–Kier alpha value is -0.870. The first kappa shape index (κ1) is 15.0. The van der Waals surface area contributed by atoms with E-state index in [9.17, 15) is 10.0 Å². The molecule has 0 radical (unpaired) electrons. The van der Waals surface area contributed by atoms with Gasteiger partial charge < -0.3 is 0 Å². The molecular formula is C17H22BrNO2. The van der Waals surface area contributed by atoms with Gasteiger partial charge >= 0.3 is 0 Å². The number of alkyl halides is 1. The van der Waals surface area contributed by atoms with Crippen molar-refractivity contribution < 1.29 is 10.0 Å². The van der Waals surface area contributed by atoms with Crippen molar-refractivity contribution in [3.05, 3.63) is 30.3 Å². The number of hydroxylamine groups is 1. The predicted octanol–water partition coefficient (Wildman–Crippen LogP) is 4.24. The SMILES string of the molecule is CC1(C)[C@H]2CC[C@]1(C)C(=O)[C@@H]2[C@H](Br)N(O)c1ccccc1. The summed E-state index contributed by atoms with van der Waals surface area (Å²) in [4.78, 5) is 12.5. The van der Waals surface area contributed by atoms with Gasteiger partial charge in [-0.15, -0.1) is 0 Å². The van der Waals surface area contributed by atoms with Gasteiger partial charge in [-0.25, -0.2) is 5.06 Å². The van der Waals surface area contributed by atoms with E-state index in [0.717, 1.165) is 12.8 Å². The van der Waals surface area contributed by atoms with Gasteiger partial charge in [-0.2, -0.15) is 0 Å². The molecule has 114 valence electrons. The summed E-state index contributed by atoms with van der Waals surface area (Å²) in [6, 6.07) is 9.36. The van der Waals surface area contributed by atoms with Gasteiger partial charge in [0.25, 0.3) is 0 Å². The van der Waals surface area contributed by atoms with E-state index in [1.54, 1.807) is 0 Å². The first-order valence-corrected chi connectivity index (χ1v) is 8.44. The van der Waals surface area contributed by atoms with Gasteiger partial charge in [0.1, 0.15) is 10.7 Å². The highest BCUT2D eigenvalue weighted by Crippen LogP contribution is 2.66. The molecule has 2 aliphatic rings. The molecule has 1 aromatic carbocycles. The van der Waals surface area contributed by atoms with E-state index < -0.39 is 0 Å². The molecule has 2 aliphatic carbocycles. The van der Waals surface area contributed by atoms with Gasteiger partial charge in [0, 0.05) is 5.41 Å². The van der Waals surface area contributed by atoms with E-state index >= 15 is 0 Å². The van der Waals surface area contributed by atoms with Crippen molar-refractivity contribution in [3.63, 3.8) is 0 Å². The molecule has 4 heteroatoms. The second kappa shape index (κ2) is 4.82. The van der Waals surface area contributed by atoms with Crippen LogP contribution in [0.3, 0.4) is 0 Å². The third kappa shape index (κ3) is 1.92. The molecule has 1 N–H and O–H groups in total. The maximum Gasteiger partial charge on any atom is 0.145 e. The highest BCUT2D eigenvalue weighted by Gasteiger charge is 2.67. The zero-order chi connectivity index (χ0) is 15.4. The van der Waals surface area contributed by atoms with Crippen molar-refractivity contribution in [2.24, 2.45) is 22.7 Å². The summed E-state index contributed by atoms with van der Waals surface area (Å²) in [5, 5.41) is 11.7. The summed E-state index contributed by atoms with van der Waals surface area (Å²) in [7, 11) is 0. The predicted molar refractivity (Wildman–Crippen MR) is 86.5 cm³/mol. The third-order valence-electron chi connectivity index (χ3n) is 6.14. The largest absolute Gasteiger partial charge is 0.299 e. The Morgan fingerprint density at radius 1 is 1.29 bits per heavy atom. The molecule has 21 heavy (non-hydrogen) atoms. The first-order chi connectivity index (χ1) is 9.80. The number of halogens is 1. The van der Waals surface area contributed by atoms with Crippen LogP contribution in [0.5, 0.6) is 0 Å². The van der Waals surface area contributed by atoms with E-state index in [1.165, 1.54) is 5.06 Å². The minimum absolute atomic E-state index is 0.00169. The molecule has 0 aliphatic heterocycles. The zero-order valence-electron chi connectivity index (χ0n) is 12.7. The number of hydrogen-bond donors (Lipinski definition) is 1. The molecule has 0 spiro atoms. The van der Waals surface area contributed by atoms with Gasteiger partial charge in [-0.3, -0.25) is 10.0 Å². The van der Waals surface area contributed by atoms with E-state index in [-0.39, 0.29) is 21.7 Å². The van der Waals surface area contributed by atoms with Crippen LogP contribution in [0.25, 0.3) is 0 Å².